The van der Waals surface area contributed by atoms with Crippen molar-refractivity contribution in [3.8, 4) is 0 Å². The molecule has 0 radical (unpaired) electrons. The molecular weight excluding hydrogens is 310 g/mol. The lowest BCUT2D eigenvalue weighted by molar-refractivity contribution is -0.141. The molecule has 7 heteroatoms. The van der Waals surface area contributed by atoms with Crippen LogP contribution in [0.5, 0.6) is 0 Å². The second-order valence-electron chi connectivity index (χ2n) is 6.15. The van der Waals surface area contributed by atoms with Crippen molar-refractivity contribution in [2.45, 2.75) is 19.4 Å². The van der Waals surface area contributed by atoms with Gasteiger partial charge < -0.3 is 15.0 Å². The first-order valence-corrected chi connectivity index (χ1v) is 7.60. The molecule has 0 fully saturated rings. The number of nitrogens with zero attached hydrogens (tertiary/aromatic N) is 2. The second-order valence-corrected chi connectivity index (χ2v) is 6.15. The molecule has 0 aromatic heterocycles. The summed E-state index contributed by atoms with van der Waals surface area (Å²) >= 11 is 0. The molecule has 2 amide bonds. The van der Waals surface area contributed by atoms with E-state index in [1.165, 1.54) is 12.0 Å². The van der Waals surface area contributed by atoms with Crippen LogP contribution in [0, 0.1) is 0 Å². The number of aliphatic imine (C=N–C) groups is 1. The molecule has 0 spiro atoms. The fourth-order valence-corrected chi connectivity index (χ4v) is 2.46. The quantitative estimate of drug-likeness (QED) is 0.791. The molecule has 7 nitrogen and oxygen atoms in total. The first-order valence-electron chi connectivity index (χ1n) is 7.60. The van der Waals surface area contributed by atoms with Gasteiger partial charge in [0.15, 0.2) is 0 Å². The van der Waals surface area contributed by atoms with Gasteiger partial charge in [-0.25, -0.2) is 0 Å². The maximum absolute atomic E-state index is 12.7. The van der Waals surface area contributed by atoms with E-state index in [2.05, 4.69) is 15.0 Å². The molecule has 1 aromatic rings. The maximum atomic E-state index is 12.7. The lowest BCUT2D eigenvalue weighted by atomic mass is 9.98. The number of carbonyl (C=O) groups excluding carboxylic acids is 3. The molecule has 2 rings (SSSR count). The highest BCUT2D eigenvalue weighted by atomic mass is 16.5. The average molecular weight is 331 g/mol. The van der Waals surface area contributed by atoms with Crippen molar-refractivity contribution in [2.24, 2.45) is 4.99 Å². The van der Waals surface area contributed by atoms with Crippen LogP contribution in [-0.2, 0) is 19.1 Å². The molecule has 0 aliphatic carbocycles. The number of methoxy groups -OCH3 is 1. The lowest BCUT2D eigenvalue weighted by Crippen LogP contribution is -2.53. The first kappa shape index (κ1) is 17.7. The summed E-state index contributed by atoms with van der Waals surface area (Å²) in [5.41, 5.74) is 0.560. The van der Waals surface area contributed by atoms with Crippen molar-refractivity contribution in [1.82, 2.24) is 10.2 Å². The van der Waals surface area contributed by atoms with Gasteiger partial charge in [0.05, 0.1) is 19.2 Å². The molecular formula is C17H21N3O4. The van der Waals surface area contributed by atoms with E-state index < -0.39 is 17.4 Å². The van der Waals surface area contributed by atoms with Gasteiger partial charge in [-0.05, 0) is 13.8 Å². The van der Waals surface area contributed by atoms with Crippen molar-refractivity contribution >= 4 is 23.5 Å². The predicted octanol–water partition coefficient (Wildman–Crippen LogP) is 0.386. The van der Waals surface area contributed by atoms with Gasteiger partial charge in [0.2, 0.25) is 5.91 Å². The third-order valence-electron chi connectivity index (χ3n) is 3.52. The molecule has 0 atom stereocenters. The van der Waals surface area contributed by atoms with Gasteiger partial charge in [0.25, 0.3) is 5.91 Å². The lowest BCUT2D eigenvalue weighted by Gasteiger charge is -2.35. The molecule has 1 N–H and O–H groups in total. The summed E-state index contributed by atoms with van der Waals surface area (Å²) in [6.07, 6.45) is 0. The van der Waals surface area contributed by atoms with Gasteiger partial charge in [-0.15, -0.1) is 0 Å². The minimum atomic E-state index is -0.541. The largest absolute Gasteiger partial charge is 0.468 e. The SMILES string of the molecule is COC(=O)CNC(=O)CN1CC(C)(C)N=C(c2ccccc2)C1=O. The minimum Gasteiger partial charge on any atom is -0.468 e. The molecule has 1 aliphatic rings. The monoisotopic (exact) mass is 331 g/mol. The zero-order chi connectivity index (χ0) is 17.7. The van der Waals surface area contributed by atoms with Crippen molar-refractivity contribution in [3.05, 3.63) is 35.9 Å². The third kappa shape index (κ3) is 4.41. The summed E-state index contributed by atoms with van der Waals surface area (Å²) in [5, 5.41) is 2.44. The van der Waals surface area contributed by atoms with Crippen LogP contribution in [0.1, 0.15) is 19.4 Å². The van der Waals surface area contributed by atoms with Crippen LogP contribution in [-0.4, -0.2) is 60.7 Å². The smallest absolute Gasteiger partial charge is 0.325 e. The topological polar surface area (TPSA) is 88.1 Å². The average Bonchev–Trinajstić information content (AvgIpc) is 2.56. The number of amides is 2. The molecule has 128 valence electrons. The van der Waals surface area contributed by atoms with Crippen molar-refractivity contribution < 1.29 is 19.1 Å². The Hall–Kier alpha value is -2.70. The number of benzene rings is 1. The van der Waals surface area contributed by atoms with E-state index in [1.807, 2.05) is 44.2 Å². The molecule has 1 aromatic carbocycles. The van der Waals surface area contributed by atoms with E-state index >= 15 is 0 Å². The van der Waals surface area contributed by atoms with Crippen LogP contribution in [0.25, 0.3) is 0 Å². The summed E-state index contributed by atoms with van der Waals surface area (Å²) in [6.45, 7) is 3.78. The molecule has 0 bridgehead atoms. The van der Waals surface area contributed by atoms with E-state index in [0.717, 1.165) is 5.56 Å². The standard InChI is InChI=1S/C17H21N3O4/c1-17(2)11-20(10-13(21)18-9-14(22)24-3)16(23)15(19-17)12-7-5-4-6-8-12/h4-8H,9-11H2,1-3H3,(H,18,21). The summed E-state index contributed by atoms with van der Waals surface area (Å²) in [6, 6.07) is 9.15. The van der Waals surface area contributed by atoms with E-state index in [1.54, 1.807) is 0 Å². The molecule has 24 heavy (non-hydrogen) atoms. The van der Waals surface area contributed by atoms with Crippen LogP contribution in [0.4, 0.5) is 0 Å². The summed E-state index contributed by atoms with van der Waals surface area (Å²) in [4.78, 5) is 41.7. The summed E-state index contributed by atoms with van der Waals surface area (Å²) < 4.78 is 4.47. The molecule has 0 saturated carbocycles. The Balaban J connectivity index is 2.12. The van der Waals surface area contributed by atoms with Crippen LogP contribution in [0.15, 0.2) is 35.3 Å². The predicted molar refractivity (Wildman–Crippen MR) is 88.7 cm³/mol. The highest BCUT2D eigenvalue weighted by molar-refractivity contribution is 6.46. The van der Waals surface area contributed by atoms with Gasteiger partial charge in [-0.2, -0.15) is 0 Å². The third-order valence-corrected chi connectivity index (χ3v) is 3.52. The van der Waals surface area contributed by atoms with Gasteiger partial charge >= 0.3 is 5.97 Å². The number of ether oxygens (including phenoxy) is 1. The van der Waals surface area contributed by atoms with Gasteiger partial charge in [-0.1, -0.05) is 30.3 Å². The van der Waals surface area contributed by atoms with E-state index in [-0.39, 0.29) is 19.0 Å². The molecule has 0 saturated heterocycles. The van der Waals surface area contributed by atoms with Crippen LogP contribution < -0.4 is 5.32 Å². The molecule has 1 heterocycles. The highest BCUT2D eigenvalue weighted by Gasteiger charge is 2.35. The number of esters is 1. The Labute approximate surface area is 140 Å². The Bertz CT molecular complexity index is 668. The zero-order valence-electron chi connectivity index (χ0n) is 14.0. The second kappa shape index (κ2) is 7.25. The van der Waals surface area contributed by atoms with E-state index in [9.17, 15) is 14.4 Å². The maximum Gasteiger partial charge on any atom is 0.325 e. The molecule has 0 unspecified atom stereocenters. The van der Waals surface area contributed by atoms with Crippen LogP contribution >= 0.6 is 0 Å². The number of hydrogen-bond acceptors (Lipinski definition) is 5. The fourth-order valence-electron chi connectivity index (χ4n) is 2.46. The van der Waals surface area contributed by atoms with E-state index in [0.29, 0.717) is 12.3 Å². The number of nitrogens with one attached hydrogen (secondary N) is 1. The Morgan fingerprint density at radius 3 is 2.58 bits per heavy atom. The van der Waals surface area contributed by atoms with Crippen LogP contribution in [0.2, 0.25) is 0 Å². The van der Waals surface area contributed by atoms with Crippen molar-refractivity contribution in [3.63, 3.8) is 0 Å². The van der Waals surface area contributed by atoms with Gasteiger partial charge in [0.1, 0.15) is 12.3 Å². The highest BCUT2D eigenvalue weighted by Crippen LogP contribution is 2.20. The fraction of sp³-hybridized carbons (Fsp3) is 0.412. The summed E-state index contributed by atoms with van der Waals surface area (Å²) in [5.74, 6) is -1.26. The van der Waals surface area contributed by atoms with Crippen LogP contribution in [0.3, 0.4) is 0 Å². The molecule has 1 aliphatic heterocycles. The van der Waals surface area contributed by atoms with E-state index in [4.69, 9.17) is 0 Å². The number of carbonyl (C=O) groups is 3. The van der Waals surface area contributed by atoms with Crippen molar-refractivity contribution in [2.75, 3.05) is 26.7 Å². The Kier molecular flexibility index (Phi) is 5.33. The number of hydrogen-bond donors (Lipinski definition) is 1. The Morgan fingerprint density at radius 2 is 1.96 bits per heavy atom. The normalized spacial score (nSPS) is 16.4. The van der Waals surface area contributed by atoms with Crippen molar-refractivity contribution in [1.29, 1.82) is 0 Å². The minimum absolute atomic E-state index is 0.134. The van der Waals surface area contributed by atoms with Gasteiger partial charge in [-0.3, -0.25) is 19.4 Å². The first-order chi connectivity index (χ1) is 11.3. The van der Waals surface area contributed by atoms with Gasteiger partial charge in [0, 0.05) is 12.1 Å². The Morgan fingerprint density at radius 1 is 1.29 bits per heavy atom. The summed E-state index contributed by atoms with van der Waals surface area (Å²) in [7, 11) is 1.24. The zero-order valence-corrected chi connectivity index (χ0v) is 14.0. The number of rotatable bonds is 5.